The number of benzene rings is 2. The lowest BCUT2D eigenvalue weighted by Gasteiger charge is -2.24. The molecular weight excluding hydrogens is 236 g/mol. The van der Waals surface area contributed by atoms with Gasteiger partial charge in [-0.3, -0.25) is 5.32 Å². The molecule has 3 heteroatoms. The molecule has 0 aliphatic heterocycles. The number of hydrogen-bond donors (Lipinski definition) is 2. The minimum Gasteiger partial charge on any atom is -0.362 e. The minimum atomic E-state index is -0.157. The first kappa shape index (κ1) is 13.7. The Morgan fingerprint density at radius 1 is 0.947 bits per heavy atom. The molecule has 0 aromatic heterocycles. The molecule has 0 heterocycles. The molecule has 2 unspecified atom stereocenters. The zero-order chi connectivity index (χ0) is 13.5. The molecule has 0 amide bonds. The fraction of sp³-hybridized carbons (Fsp3) is 0.250. The average molecular weight is 256 g/mol. The fourth-order valence-electron chi connectivity index (χ4n) is 2.10. The van der Waals surface area contributed by atoms with Crippen molar-refractivity contribution < 1.29 is 4.74 Å². The molecule has 100 valence electrons. The van der Waals surface area contributed by atoms with E-state index in [9.17, 15) is 0 Å². The van der Waals surface area contributed by atoms with E-state index in [1.807, 2.05) is 48.5 Å². The van der Waals surface area contributed by atoms with E-state index in [0.717, 1.165) is 5.56 Å². The smallest absolute Gasteiger partial charge is 0.134 e. The molecule has 0 bridgehead atoms. The van der Waals surface area contributed by atoms with Crippen molar-refractivity contribution in [3.05, 3.63) is 71.8 Å². The van der Waals surface area contributed by atoms with E-state index in [1.165, 1.54) is 5.56 Å². The summed E-state index contributed by atoms with van der Waals surface area (Å²) in [5, 5.41) is 3.44. The summed E-state index contributed by atoms with van der Waals surface area (Å²) in [4.78, 5) is 0. The van der Waals surface area contributed by atoms with Gasteiger partial charge >= 0.3 is 0 Å². The number of nitrogens with two attached hydrogens (primary N) is 1. The van der Waals surface area contributed by atoms with Gasteiger partial charge in [0.1, 0.15) is 6.23 Å². The quantitative estimate of drug-likeness (QED) is 0.781. The third kappa shape index (κ3) is 3.64. The summed E-state index contributed by atoms with van der Waals surface area (Å²) in [7, 11) is 1.70. The van der Waals surface area contributed by atoms with E-state index < -0.39 is 0 Å². The summed E-state index contributed by atoms with van der Waals surface area (Å²) >= 11 is 0. The molecule has 19 heavy (non-hydrogen) atoms. The highest BCUT2D eigenvalue weighted by molar-refractivity contribution is 5.21. The van der Waals surface area contributed by atoms with Crippen LogP contribution in [0.1, 0.15) is 23.4 Å². The van der Waals surface area contributed by atoms with E-state index in [2.05, 4.69) is 17.4 Å². The second kappa shape index (κ2) is 7.04. The molecule has 0 aliphatic rings. The van der Waals surface area contributed by atoms with Crippen molar-refractivity contribution in [3.8, 4) is 0 Å². The molecule has 0 saturated heterocycles. The van der Waals surface area contributed by atoms with Gasteiger partial charge in [0, 0.05) is 19.7 Å². The van der Waals surface area contributed by atoms with Gasteiger partial charge in [0.15, 0.2) is 0 Å². The van der Waals surface area contributed by atoms with Crippen molar-refractivity contribution in [2.24, 2.45) is 5.73 Å². The molecule has 2 atom stereocenters. The van der Waals surface area contributed by atoms with Gasteiger partial charge in [-0.1, -0.05) is 60.7 Å². The Kier molecular flexibility index (Phi) is 5.10. The Morgan fingerprint density at radius 2 is 1.47 bits per heavy atom. The molecule has 2 rings (SSSR count). The molecular formula is C16H20N2O. The van der Waals surface area contributed by atoms with E-state index >= 15 is 0 Å². The average Bonchev–Trinajstić information content (AvgIpc) is 2.50. The predicted molar refractivity (Wildman–Crippen MR) is 77.6 cm³/mol. The molecule has 3 nitrogen and oxygen atoms in total. The highest BCUT2D eigenvalue weighted by Crippen LogP contribution is 2.19. The number of nitrogens with one attached hydrogen (secondary N) is 1. The Labute approximate surface area is 114 Å². The molecule has 2 aromatic rings. The summed E-state index contributed by atoms with van der Waals surface area (Å²) < 4.78 is 5.52. The molecule has 3 N–H and O–H groups in total. The van der Waals surface area contributed by atoms with Crippen LogP contribution >= 0.6 is 0 Å². The van der Waals surface area contributed by atoms with Crippen LogP contribution in [0.5, 0.6) is 0 Å². The topological polar surface area (TPSA) is 47.3 Å². The summed E-state index contributed by atoms with van der Waals surface area (Å²) in [5.41, 5.74) is 8.13. The molecule has 0 aliphatic carbocycles. The van der Waals surface area contributed by atoms with E-state index in [0.29, 0.717) is 6.54 Å². The third-order valence-electron chi connectivity index (χ3n) is 3.13. The van der Waals surface area contributed by atoms with Crippen LogP contribution in [0.25, 0.3) is 0 Å². The molecule has 0 spiro atoms. The van der Waals surface area contributed by atoms with Crippen LogP contribution in [0.2, 0.25) is 0 Å². The zero-order valence-corrected chi connectivity index (χ0v) is 11.1. The van der Waals surface area contributed by atoms with Crippen molar-refractivity contribution in [2.45, 2.75) is 12.3 Å². The van der Waals surface area contributed by atoms with Gasteiger partial charge in [-0.25, -0.2) is 0 Å². The summed E-state index contributed by atoms with van der Waals surface area (Å²) in [6, 6.07) is 20.3. The largest absolute Gasteiger partial charge is 0.362 e. The van der Waals surface area contributed by atoms with Crippen molar-refractivity contribution >= 4 is 0 Å². The van der Waals surface area contributed by atoms with Crippen LogP contribution in [-0.2, 0) is 4.74 Å². The molecule has 0 saturated carbocycles. The van der Waals surface area contributed by atoms with E-state index in [-0.39, 0.29) is 12.3 Å². The normalized spacial score (nSPS) is 14.0. The Balaban J connectivity index is 2.13. The van der Waals surface area contributed by atoms with Gasteiger partial charge in [-0.05, 0) is 11.1 Å². The standard InChI is InChI=1S/C16H20N2O/c1-19-16(14-10-6-3-7-11-14)18-15(12-17)13-8-4-2-5-9-13/h2-11,15-16,18H,12,17H2,1H3. The maximum absolute atomic E-state index is 5.87. The Morgan fingerprint density at radius 3 is 1.95 bits per heavy atom. The van der Waals surface area contributed by atoms with Gasteiger partial charge in [-0.15, -0.1) is 0 Å². The van der Waals surface area contributed by atoms with Crippen molar-refractivity contribution in [3.63, 3.8) is 0 Å². The minimum absolute atomic E-state index is 0.0753. The van der Waals surface area contributed by atoms with E-state index in [1.54, 1.807) is 7.11 Å². The second-order valence-electron chi connectivity index (χ2n) is 4.39. The highest BCUT2D eigenvalue weighted by Gasteiger charge is 2.16. The summed E-state index contributed by atoms with van der Waals surface area (Å²) in [5.74, 6) is 0. The van der Waals surface area contributed by atoms with E-state index in [4.69, 9.17) is 10.5 Å². The second-order valence-corrected chi connectivity index (χ2v) is 4.39. The summed E-state index contributed by atoms with van der Waals surface area (Å²) in [6.45, 7) is 0.525. The van der Waals surface area contributed by atoms with Gasteiger partial charge in [0.25, 0.3) is 0 Å². The lowest BCUT2D eigenvalue weighted by molar-refractivity contribution is 0.0632. The zero-order valence-electron chi connectivity index (χ0n) is 11.1. The SMILES string of the molecule is COC(NC(CN)c1ccccc1)c1ccccc1. The Bertz CT molecular complexity index is 427. The van der Waals surface area contributed by atoms with Crippen LogP contribution in [0.4, 0.5) is 0 Å². The van der Waals surface area contributed by atoms with Gasteiger partial charge in [0.05, 0.1) is 0 Å². The molecule has 0 radical (unpaired) electrons. The number of hydrogen-bond acceptors (Lipinski definition) is 3. The van der Waals surface area contributed by atoms with Crippen LogP contribution in [0.3, 0.4) is 0 Å². The lowest BCUT2D eigenvalue weighted by atomic mass is 10.1. The first-order valence-corrected chi connectivity index (χ1v) is 6.44. The van der Waals surface area contributed by atoms with Crippen molar-refractivity contribution in [2.75, 3.05) is 13.7 Å². The predicted octanol–water partition coefficient (Wildman–Crippen LogP) is 2.62. The number of rotatable bonds is 6. The summed E-state index contributed by atoms with van der Waals surface area (Å²) in [6.07, 6.45) is -0.157. The van der Waals surface area contributed by atoms with Crippen LogP contribution in [0, 0.1) is 0 Å². The van der Waals surface area contributed by atoms with Gasteiger partial charge < -0.3 is 10.5 Å². The van der Waals surface area contributed by atoms with Crippen molar-refractivity contribution in [1.82, 2.24) is 5.32 Å². The lowest BCUT2D eigenvalue weighted by Crippen LogP contribution is -2.32. The maximum atomic E-state index is 5.87. The number of ether oxygens (including phenoxy) is 1. The van der Waals surface area contributed by atoms with Crippen LogP contribution in [0.15, 0.2) is 60.7 Å². The van der Waals surface area contributed by atoms with Crippen molar-refractivity contribution in [1.29, 1.82) is 0 Å². The Hall–Kier alpha value is -1.68. The molecule has 2 aromatic carbocycles. The van der Waals surface area contributed by atoms with Crippen LogP contribution < -0.4 is 11.1 Å². The third-order valence-corrected chi connectivity index (χ3v) is 3.13. The first-order chi connectivity index (χ1) is 9.35. The van der Waals surface area contributed by atoms with Gasteiger partial charge in [0.2, 0.25) is 0 Å². The maximum Gasteiger partial charge on any atom is 0.134 e. The highest BCUT2D eigenvalue weighted by atomic mass is 16.5. The van der Waals surface area contributed by atoms with Gasteiger partial charge in [-0.2, -0.15) is 0 Å². The number of methoxy groups -OCH3 is 1. The van der Waals surface area contributed by atoms with Crippen LogP contribution in [-0.4, -0.2) is 13.7 Å². The fourth-order valence-corrected chi connectivity index (χ4v) is 2.10. The molecule has 0 fully saturated rings. The first-order valence-electron chi connectivity index (χ1n) is 6.44. The monoisotopic (exact) mass is 256 g/mol.